The number of aliphatic imine (C=N–C) groups is 2. The molecular formula is C8H10N2. The van der Waals surface area contributed by atoms with E-state index in [1.807, 2.05) is 25.2 Å². The lowest BCUT2D eigenvalue weighted by molar-refractivity contribution is 1.36. The van der Waals surface area contributed by atoms with Crippen LogP contribution in [0.15, 0.2) is 33.9 Å². The molecule has 0 saturated heterocycles. The number of rotatable bonds is 0. The first-order valence-corrected chi connectivity index (χ1v) is 3.22. The van der Waals surface area contributed by atoms with Gasteiger partial charge in [-0.1, -0.05) is 6.08 Å². The Kier molecular flexibility index (Phi) is 2.15. The number of hydrogen-bond acceptors (Lipinski definition) is 2. The van der Waals surface area contributed by atoms with Crippen molar-refractivity contribution in [1.82, 2.24) is 0 Å². The molecule has 1 aliphatic heterocycles. The van der Waals surface area contributed by atoms with E-state index in [1.165, 1.54) is 0 Å². The van der Waals surface area contributed by atoms with Crippen LogP contribution in [0.1, 0.15) is 6.92 Å². The highest BCUT2D eigenvalue weighted by Gasteiger charge is 2.00. The summed E-state index contributed by atoms with van der Waals surface area (Å²) >= 11 is 0. The van der Waals surface area contributed by atoms with Gasteiger partial charge in [0.25, 0.3) is 0 Å². The predicted molar refractivity (Wildman–Crippen MR) is 44.7 cm³/mol. The average molecular weight is 134 g/mol. The van der Waals surface area contributed by atoms with Crippen molar-refractivity contribution in [1.29, 1.82) is 0 Å². The molecule has 0 fully saturated rings. The zero-order valence-corrected chi connectivity index (χ0v) is 6.20. The van der Waals surface area contributed by atoms with E-state index in [1.54, 1.807) is 13.3 Å². The minimum Gasteiger partial charge on any atom is -0.286 e. The van der Waals surface area contributed by atoms with Crippen molar-refractivity contribution < 1.29 is 0 Å². The van der Waals surface area contributed by atoms with Crippen molar-refractivity contribution in [3.63, 3.8) is 0 Å². The van der Waals surface area contributed by atoms with Crippen molar-refractivity contribution in [2.45, 2.75) is 6.92 Å². The third-order valence-corrected chi connectivity index (χ3v) is 1.33. The van der Waals surface area contributed by atoms with E-state index in [0.29, 0.717) is 0 Å². The fourth-order valence-electron chi connectivity index (χ4n) is 0.821. The molecule has 1 heterocycles. The molecule has 2 nitrogen and oxygen atoms in total. The summed E-state index contributed by atoms with van der Waals surface area (Å²) in [5, 5.41) is 0. The fraction of sp³-hybridized carbons (Fsp3) is 0.250. The Labute approximate surface area is 60.7 Å². The molecule has 0 unspecified atom stereocenters. The molecule has 0 bridgehead atoms. The number of hydrogen-bond donors (Lipinski definition) is 0. The summed E-state index contributed by atoms with van der Waals surface area (Å²) in [6.07, 6.45) is 7.55. The van der Waals surface area contributed by atoms with Gasteiger partial charge >= 0.3 is 0 Å². The summed E-state index contributed by atoms with van der Waals surface area (Å²) in [5.74, 6) is 0. The van der Waals surface area contributed by atoms with Crippen LogP contribution in [0.3, 0.4) is 0 Å². The third-order valence-electron chi connectivity index (χ3n) is 1.33. The molecule has 1 aliphatic rings. The highest BCUT2D eigenvalue weighted by Crippen LogP contribution is 2.04. The quantitative estimate of drug-likeness (QED) is 0.480. The molecule has 0 spiro atoms. The van der Waals surface area contributed by atoms with Gasteiger partial charge in [-0.2, -0.15) is 0 Å². The Morgan fingerprint density at radius 3 is 2.90 bits per heavy atom. The minimum atomic E-state index is 0.949. The Hall–Kier alpha value is -1.18. The summed E-state index contributed by atoms with van der Waals surface area (Å²) in [5.41, 5.74) is 1.90. The Morgan fingerprint density at radius 2 is 2.40 bits per heavy atom. The maximum Gasteiger partial charge on any atom is 0.0838 e. The summed E-state index contributed by atoms with van der Waals surface area (Å²) in [7, 11) is 1.77. The first-order valence-electron chi connectivity index (χ1n) is 3.22. The number of nitrogens with zero attached hydrogens (tertiary/aromatic N) is 2. The lowest BCUT2D eigenvalue weighted by Crippen LogP contribution is -2.00. The standard InChI is InChI=1S/C8H10N2/c1-3-7-8(9-2)5-4-6-10-7/h3-6H,1-2H3/b7-3+,9-8?. The Bertz CT molecular complexity index is 206. The van der Waals surface area contributed by atoms with Crippen LogP contribution >= 0.6 is 0 Å². The first kappa shape index (κ1) is 6.93. The molecule has 0 aromatic rings. The van der Waals surface area contributed by atoms with E-state index in [4.69, 9.17) is 0 Å². The van der Waals surface area contributed by atoms with E-state index >= 15 is 0 Å². The van der Waals surface area contributed by atoms with Gasteiger partial charge in [-0.3, -0.25) is 9.98 Å². The Morgan fingerprint density at radius 1 is 1.60 bits per heavy atom. The second-order valence-corrected chi connectivity index (χ2v) is 1.92. The topological polar surface area (TPSA) is 24.7 Å². The van der Waals surface area contributed by atoms with Crippen molar-refractivity contribution >= 4 is 11.9 Å². The summed E-state index contributed by atoms with van der Waals surface area (Å²) in [4.78, 5) is 8.17. The molecule has 0 aromatic heterocycles. The molecule has 0 saturated carbocycles. The van der Waals surface area contributed by atoms with Gasteiger partial charge in [-0.25, -0.2) is 0 Å². The maximum atomic E-state index is 4.12. The van der Waals surface area contributed by atoms with Crippen LogP contribution in [0.2, 0.25) is 0 Å². The average Bonchev–Trinajstić information content (AvgIpc) is 2.04. The van der Waals surface area contributed by atoms with Crippen LogP contribution in [0.25, 0.3) is 0 Å². The minimum absolute atomic E-state index is 0.949. The molecular weight excluding hydrogens is 124 g/mol. The maximum absolute atomic E-state index is 4.12. The smallest absolute Gasteiger partial charge is 0.0838 e. The third kappa shape index (κ3) is 1.21. The predicted octanol–water partition coefficient (Wildman–Crippen LogP) is 1.60. The van der Waals surface area contributed by atoms with Crippen molar-refractivity contribution in [3.05, 3.63) is 23.9 Å². The van der Waals surface area contributed by atoms with Gasteiger partial charge in [-0.05, 0) is 19.1 Å². The van der Waals surface area contributed by atoms with Crippen molar-refractivity contribution in [3.8, 4) is 0 Å². The molecule has 0 N–H and O–H groups in total. The van der Waals surface area contributed by atoms with E-state index < -0.39 is 0 Å². The molecule has 0 amide bonds. The van der Waals surface area contributed by atoms with Crippen molar-refractivity contribution in [2.75, 3.05) is 7.05 Å². The molecule has 10 heavy (non-hydrogen) atoms. The summed E-state index contributed by atoms with van der Waals surface area (Å²) in [6.45, 7) is 1.96. The van der Waals surface area contributed by atoms with Gasteiger partial charge in [-0.15, -0.1) is 0 Å². The van der Waals surface area contributed by atoms with Crippen LogP contribution in [0, 0.1) is 0 Å². The molecule has 0 aliphatic carbocycles. The molecule has 0 aromatic carbocycles. The molecule has 0 radical (unpaired) electrons. The normalized spacial score (nSPS) is 24.6. The Balaban J connectivity index is 2.96. The van der Waals surface area contributed by atoms with E-state index in [2.05, 4.69) is 9.98 Å². The molecule has 1 rings (SSSR count). The summed E-state index contributed by atoms with van der Waals surface area (Å²) in [6, 6.07) is 0. The highest BCUT2D eigenvalue weighted by atomic mass is 14.8. The zero-order valence-electron chi connectivity index (χ0n) is 6.20. The fourth-order valence-corrected chi connectivity index (χ4v) is 0.821. The van der Waals surface area contributed by atoms with Gasteiger partial charge in [0.2, 0.25) is 0 Å². The second kappa shape index (κ2) is 3.11. The molecule has 2 heteroatoms. The van der Waals surface area contributed by atoms with E-state index in [0.717, 1.165) is 11.4 Å². The van der Waals surface area contributed by atoms with Crippen LogP contribution in [-0.4, -0.2) is 19.0 Å². The van der Waals surface area contributed by atoms with E-state index in [-0.39, 0.29) is 0 Å². The van der Waals surface area contributed by atoms with Gasteiger partial charge in [0.05, 0.1) is 11.4 Å². The number of allylic oxidation sites excluding steroid dienone is 3. The van der Waals surface area contributed by atoms with Crippen LogP contribution in [0.5, 0.6) is 0 Å². The summed E-state index contributed by atoms with van der Waals surface area (Å²) < 4.78 is 0. The van der Waals surface area contributed by atoms with Gasteiger partial charge in [0, 0.05) is 13.3 Å². The lowest BCUT2D eigenvalue weighted by atomic mass is 10.2. The van der Waals surface area contributed by atoms with Gasteiger partial charge < -0.3 is 0 Å². The van der Waals surface area contributed by atoms with Crippen LogP contribution in [0.4, 0.5) is 0 Å². The van der Waals surface area contributed by atoms with Gasteiger partial charge in [0.1, 0.15) is 0 Å². The monoisotopic (exact) mass is 134 g/mol. The second-order valence-electron chi connectivity index (χ2n) is 1.92. The van der Waals surface area contributed by atoms with Crippen LogP contribution in [-0.2, 0) is 0 Å². The molecule has 52 valence electrons. The SMILES string of the molecule is C/C=C1/N=CC=CC1=NC. The van der Waals surface area contributed by atoms with Gasteiger partial charge in [0.15, 0.2) is 0 Å². The van der Waals surface area contributed by atoms with Crippen LogP contribution < -0.4 is 0 Å². The van der Waals surface area contributed by atoms with Crippen molar-refractivity contribution in [2.24, 2.45) is 9.98 Å². The lowest BCUT2D eigenvalue weighted by Gasteiger charge is -2.02. The first-order chi connectivity index (χ1) is 4.88. The zero-order chi connectivity index (χ0) is 7.40. The molecule has 0 atom stereocenters. The largest absolute Gasteiger partial charge is 0.286 e. The highest BCUT2D eigenvalue weighted by molar-refractivity contribution is 6.12. The van der Waals surface area contributed by atoms with E-state index in [9.17, 15) is 0 Å². The number of dihydropyridines is 1.